The van der Waals surface area contributed by atoms with Gasteiger partial charge in [0.05, 0.1) is 18.6 Å². The summed E-state index contributed by atoms with van der Waals surface area (Å²) < 4.78 is 28.5. The third kappa shape index (κ3) is 1.67. The number of hydrogen-bond acceptors (Lipinski definition) is 5. The number of hydrogen-bond donors (Lipinski definition) is 3. The molecule has 8 heteroatoms. The van der Waals surface area contributed by atoms with Crippen LogP contribution in [0.2, 0.25) is 0 Å². The zero-order valence-corrected chi connectivity index (χ0v) is 9.74. The van der Waals surface area contributed by atoms with Crippen molar-refractivity contribution in [2.45, 2.75) is 30.8 Å². The van der Waals surface area contributed by atoms with E-state index >= 15 is 0 Å². The number of anilines is 1. The summed E-state index contributed by atoms with van der Waals surface area (Å²) in [5, 5.41) is 19.3. The first-order chi connectivity index (χ1) is 9.00. The minimum atomic E-state index is -1.56. The highest BCUT2D eigenvalue weighted by molar-refractivity contribution is 5.85. The van der Waals surface area contributed by atoms with E-state index in [4.69, 9.17) is 5.73 Å². The third-order valence-electron chi connectivity index (χ3n) is 3.52. The van der Waals surface area contributed by atoms with Gasteiger partial charge in [-0.2, -0.15) is 0 Å². The molecule has 3 rings (SSSR count). The van der Waals surface area contributed by atoms with Crippen molar-refractivity contribution in [1.82, 2.24) is 14.5 Å². The lowest BCUT2D eigenvalue weighted by Crippen LogP contribution is -2.29. The Morgan fingerprint density at radius 2 is 2.05 bits per heavy atom. The van der Waals surface area contributed by atoms with Crippen LogP contribution in [-0.4, -0.2) is 43.1 Å². The Kier molecular flexibility index (Phi) is 2.64. The molecule has 0 aromatic carbocycles. The molecule has 1 saturated carbocycles. The van der Waals surface area contributed by atoms with E-state index in [1.165, 1.54) is 10.9 Å². The highest BCUT2D eigenvalue weighted by Crippen LogP contribution is 2.35. The fraction of sp³-hybridized carbons (Fsp3) is 0.455. The summed E-state index contributed by atoms with van der Waals surface area (Å²) in [4.78, 5) is 7.57. The first-order valence-electron chi connectivity index (χ1n) is 5.77. The van der Waals surface area contributed by atoms with Crippen LogP contribution in [0.4, 0.5) is 14.6 Å². The Morgan fingerprint density at radius 1 is 1.32 bits per heavy atom. The van der Waals surface area contributed by atoms with Crippen molar-refractivity contribution < 1.29 is 19.0 Å². The molecule has 1 fully saturated rings. The molecule has 0 aliphatic heterocycles. The summed E-state index contributed by atoms with van der Waals surface area (Å²) in [7, 11) is 0. The minimum Gasteiger partial charge on any atom is -0.388 e. The quantitative estimate of drug-likeness (QED) is 0.685. The average Bonchev–Trinajstić information content (AvgIpc) is 2.92. The second kappa shape index (κ2) is 4.10. The Bertz CT molecular complexity index is 632. The molecule has 4 atom stereocenters. The third-order valence-corrected chi connectivity index (χ3v) is 3.52. The standard InChI is InChI=1S/C11H12F2N4O2/c12-4-1-6(10(19)9(4)18)17-3-16-7-8(17)5(13)2-15-11(7)14/h2-4,6,9-10,18-19H,1H2,(H2,14,15)/t4-,6-,9-,10+/m1/s1. The maximum Gasteiger partial charge on any atom is 0.167 e. The molecule has 102 valence electrons. The van der Waals surface area contributed by atoms with Crippen LogP contribution >= 0.6 is 0 Å². The topological polar surface area (TPSA) is 97.2 Å². The molecule has 0 spiro atoms. The Hall–Kier alpha value is -1.80. The number of halogens is 2. The van der Waals surface area contributed by atoms with E-state index in [1.54, 1.807) is 0 Å². The van der Waals surface area contributed by atoms with E-state index in [1.807, 2.05) is 0 Å². The average molecular weight is 270 g/mol. The zero-order valence-electron chi connectivity index (χ0n) is 9.74. The summed E-state index contributed by atoms with van der Waals surface area (Å²) in [6.07, 6.45) is -2.26. The summed E-state index contributed by atoms with van der Waals surface area (Å²) in [6.45, 7) is 0. The number of pyridine rings is 1. The summed E-state index contributed by atoms with van der Waals surface area (Å²) in [5.74, 6) is -0.606. The van der Waals surface area contributed by atoms with Gasteiger partial charge < -0.3 is 20.5 Å². The molecule has 2 aromatic rings. The second-order valence-electron chi connectivity index (χ2n) is 4.64. The molecule has 0 saturated heterocycles. The Balaban J connectivity index is 2.14. The summed E-state index contributed by atoms with van der Waals surface area (Å²) >= 11 is 0. The minimum absolute atomic E-state index is 0.0536. The van der Waals surface area contributed by atoms with Gasteiger partial charge in [0.15, 0.2) is 11.6 Å². The van der Waals surface area contributed by atoms with E-state index in [-0.39, 0.29) is 23.3 Å². The van der Waals surface area contributed by atoms with Gasteiger partial charge in [-0.1, -0.05) is 0 Å². The van der Waals surface area contributed by atoms with Crippen molar-refractivity contribution in [2.75, 3.05) is 5.73 Å². The van der Waals surface area contributed by atoms with Crippen LogP contribution in [0.1, 0.15) is 12.5 Å². The summed E-state index contributed by atoms with van der Waals surface area (Å²) in [6, 6.07) is -0.786. The maximum atomic E-state index is 13.8. The predicted octanol–water partition coefficient (Wildman–Crippen LogP) is 0.157. The highest BCUT2D eigenvalue weighted by Gasteiger charge is 2.43. The number of nitrogens with two attached hydrogens (primary N) is 1. The van der Waals surface area contributed by atoms with Gasteiger partial charge in [0, 0.05) is 6.42 Å². The number of aromatic nitrogens is 3. The van der Waals surface area contributed by atoms with Gasteiger partial charge in [0.2, 0.25) is 0 Å². The highest BCUT2D eigenvalue weighted by atomic mass is 19.1. The SMILES string of the molecule is Nc1ncc(F)c2c1ncn2[C@@H]1C[C@@H](F)[C@@H](O)[C@H]1O. The number of rotatable bonds is 1. The lowest BCUT2D eigenvalue weighted by Gasteiger charge is -2.18. The lowest BCUT2D eigenvalue weighted by molar-refractivity contribution is -0.000952. The van der Waals surface area contributed by atoms with Crippen molar-refractivity contribution in [3.8, 4) is 0 Å². The second-order valence-corrected chi connectivity index (χ2v) is 4.64. The van der Waals surface area contributed by atoms with Crippen molar-refractivity contribution in [3.63, 3.8) is 0 Å². The van der Waals surface area contributed by atoms with E-state index < -0.39 is 30.2 Å². The molecule has 4 N–H and O–H groups in total. The van der Waals surface area contributed by atoms with E-state index in [0.29, 0.717) is 0 Å². The van der Waals surface area contributed by atoms with Crippen molar-refractivity contribution >= 4 is 16.9 Å². The maximum absolute atomic E-state index is 13.8. The van der Waals surface area contributed by atoms with Gasteiger partial charge in [0.25, 0.3) is 0 Å². The fourth-order valence-electron chi connectivity index (χ4n) is 2.51. The molecule has 2 heterocycles. The zero-order chi connectivity index (χ0) is 13.7. The van der Waals surface area contributed by atoms with Crippen molar-refractivity contribution in [3.05, 3.63) is 18.3 Å². The Labute approximate surface area is 106 Å². The van der Waals surface area contributed by atoms with Gasteiger partial charge in [-0.05, 0) is 0 Å². The number of aliphatic hydroxyl groups excluding tert-OH is 2. The van der Waals surface area contributed by atoms with E-state index in [9.17, 15) is 19.0 Å². The van der Waals surface area contributed by atoms with Gasteiger partial charge in [-0.15, -0.1) is 0 Å². The van der Waals surface area contributed by atoms with Gasteiger partial charge in [-0.25, -0.2) is 18.7 Å². The van der Waals surface area contributed by atoms with Crippen LogP contribution in [0.5, 0.6) is 0 Å². The number of alkyl halides is 1. The van der Waals surface area contributed by atoms with Crippen LogP contribution in [0.3, 0.4) is 0 Å². The molecule has 2 aromatic heterocycles. The molecule has 1 aliphatic rings. The molecule has 1 aliphatic carbocycles. The molecule has 19 heavy (non-hydrogen) atoms. The molecular formula is C11H12F2N4O2. The number of imidazole rings is 1. The van der Waals surface area contributed by atoms with Crippen molar-refractivity contribution in [1.29, 1.82) is 0 Å². The number of aliphatic hydroxyl groups is 2. The van der Waals surface area contributed by atoms with Crippen LogP contribution in [0, 0.1) is 5.82 Å². The molecule has 0 amide bonds. The van der Waals surface area contributed by atoms with Crippen molar-refractivity contribution in [2.24, 2.45) is 0 Å². The fourth-order valence-corrected chi connectivity index (χ4v) is 2.51. The molecular weight excluding hydrogens is 258 g/mol. The molecule has 0 radical (unpaired) electrons. The van der Waals surface area contributed by atoms with Crippen LogP contribution in [-0.2, 0) is 0 Å². The van der Waals surface area contributed by atoms with Gasteiger partial charge in [-0.3, -0.25) is 0 Å². The molecule has 6 nitrogen and oxygen atoms in total. The number of fused-ring (bicyclic) bond motifs is 1. The van der Waals surface area contributed by atoms with Crippen LogP contribution in [0.15, 0.2) is 12.5 Å². The normalized spacial score (nSPS) is 31.2. The largest absolute Gasteiger partial charge is 0.388 e. The van der Waals surface area contributed by atoms with Crippen LogP contribution < -0.4 is 5.73 Å². The molecule has 0 bridgehead atoms. The smallest absolute Gasteiger partial charge is 0.167 e. The Morgan fingerprint density at radius 3 is 2.68 bits per heavy atom. The lowest BCUT2D eigenvalue weighted by atomic mass is 10.2. The van der Waals surface area contributed by atoms with E-state index in [0.717, 1.165) is 6.20 Å². The first-order valence-corrected chi connectivity index (χ1v) is 5.77. The number of nitrogen functional groups attached to an aromatic ring is 1. The van der Waals surface area contributed by atoms with Gasteiger partial charge in [0.1, 0.15) is 29.4 Å². The monoisotopic (exact) mass is 270 g/mol. The van der Waals surface area contributed by atoms with Gasteiger partial charge >= 0.3 is 0 Å². The number of nitrogens with zero attached hydrogens (tertiary/aromatic N) is 3. The summed E-state index contributed by atoms with van der Waals surface area (Å²) in [5.41, 5.74) is 5.80. The first kappa shape index (κ1) is 12.2. The molecule has 0 unspecified atom stereocenters. The predicted molar refractivity (Wildman–Crippen MR) is 62.5 cm³/mol. The van der Waals surface area contributed by atoms with Crippen LogP contribution in [0.25, 0.3) is 11.0 Å². The van der Waals surface area contributed by atoms with E-state index in [2.05, 4.69) is 9.97 Å².